The number of carbonyl (C=O) groups excluding carboxylic acids is 1. The Bertz CT molecular complexity index is 729. The first-order chi connectivity index (χ1) is 13.0. The number of amides is 1. The third kappa shape index (κ3) is 6.66. The van der Waals surface area contributed by atoms with Crippen LogP contribution in [0.2, 0.25) is 0 Å². The largest absolute Gasteiger partial charge is 0.508 e. The van der Waals surface area contributed by atoms with E-state index in [1.807, 2.05) is 0 Å². The van der Waals surface area contributed by atoms with Gasteiger partial charge in [0.05, 0.1) is 11.4 Å². The van der Waals surface area contributed by atoms with Gasteiger partial charge in [0.2, 0.25) is 5.91 Å². The molecule has 2 rings (SSSR count). The van der Waals surface area contributed by atoms with Crippen molar-refractivity contribution in [3.63, 3.8) is 0 Å². The second kappa shape index (κ2) is 10.2. The van der Waals surface area contributed by atoms with E-state index in [1.54, 1.807) is 24.3 Å². The summed E-state index contributed by atoms with van der Waals surface area (Å²) in [5.41, 5.74) is 1.07. The lowest BCUT2D eigenvalue weighted by Gasteiger charge is -2.23. The van der Waals surface area contributed by atoms with E-state index in [1.165, 1.54) is 29.2 Å². The van der Waals surface area contributed by atoms with Gasteiger partial charge in [0, 0.05) is 25.0 Å². The maximum atomic E-state index is 12.8. The Hall–Kier alpha value is -3.02. The van der Waals surface area contributed by atoms with Crippen molar-refractivity contribution in [1.29, 1.82) is 0 Å². The molecule has 6 heteroatoms. The molecule has 6 nitrogen and oxygen atoms in total. The van der Waals surface area contributed by atoms with E-state index < -0.39 is 5.97 Å². The number of hydrogen-bond acceptors (Lipinski definition) is 4. The molecule has 3 N–H and O–H groups in total. The molecule has 0 bridgehead atoms. The topological polar surface area (TPSA) is 98.1 Å². The van der Waals surface area contributed by atoms with Gasteiger partial charge in [-0.3, -0.25) is 14.5 Å². The Balaban J connectivity index is 1.99. The third-order valence-electron chi connectivity index (χ3n) is 4.21. The van der Waals surface area contributed by atoms with E-state index in [4.69, 9.17) is 5.11 Å². The number of rotatable bonds is 10. The first kappa shape index (κ1) is 20.3. The second-order valence-electron chi connectivity index (χ2n) is 6.43. The molecule has 0 aliphatic heterocycles. The zero-order valence-corrected chi connectivity index (χ0v) is 15.2. The molecule has 2 aromatic rings. The lowest BCUT2D eigenvalue weighted by molar-refractivity contribution is -0.137. The number of aromatic hydroxyl groups is 2. The van der Waals surface area contributed by atoms with Gasteiger partial charge in [-0.2, -0.15) is 0 Å². The van der Waals surface area contributed by atoms with Gasteiger partial charge in [0.1, 0.15) is 11.5 Å². The summed E-state index contributed by atoms with van der Waals surface area (Å²) in [7, 11) is 0. The number of nitrogens with zero attached hydrogens (tertiary/aromatic N) is 1. The van der Waals surface area contributed by atoms with Crippen molar-refractivity contribution in [2.75, 3.05) is 4.90 Å². The molecule has 0 atom stereocenters. The van der Waals surface area contributed by atoms with Crippen LogP contribution in [-0.4, -0.2) is 27.2 Å². The van der Waals surface area contributed by atoms with Gasteiger partial charge >= 0.3 is 5.97 Å². The molecule has 0 heterocycles. The summed E-state index contributed by atoms with van der Waals surface area (Å²) < 4.78 is 0. The van der Waals surface area contributed by atoms with E-state index in [9.17, 15) is 19.8 Å². The highest BCUT2D eigenvalue weighted by atomic mass is 16.4. The summed E-state index contributed by atoms with van der Waals surface area (Å²) in [6.07, 6.45) is 4.43. The molecule has 1 amide bonds. The van der Waals surface area contributed by atoms with Crippen LogP contribution in [0.4, 0.5) is 11.4 Å². The zero-order valence-electron chi connectivity index (χ0n) is 15.2. The number of anilines is 2. The van der Waals surface area contributed by atoms with Gasteiger partial charge in [0.15, 0.2) is 0 Å². The summed E-state index contributed by atoms with van der Waals surface area (Å²) >= 11 is 0. The van der Waals surface area contributed by atoms with Gasteiger partial charge < -0.3 is 15.3 Å². The molecule has 0 unspecified atom stereocenters. The van der Waals surface area contributed by atoms with Crippen molar-refractivity contribution in [3.8, 4) is 11.5 Å². The Labute approximate surface area is 158 Å². The molecule has 0 saturated carbocycles. The molecular formula is C21H25NO5. The zero-order chi connectivity index (χ0) is 19.6. The highest BCUT2D eigenvalue weighted by Crippen LogP contribution is 2.31. The van der Waals surface area contributed by atoms with Gasteiger partial charge in [-0.05, 0) is 37.1 Å². The minimum Gasteiger partial charge on any atom is -0.508 e. The van der Waals surface area contributed by atoms with Crippen LogP contribution >= 0.6 is 0 Å². The molecule has 144 valence electrons. The molecule has 0 aromatic heterocycles. The van der Waals surface area contributed by atoms with E-state index in [0.29, 0.717) is 30.6 Å². The van der Waals surface area contributed by atoms with E-state index in [2.05, 4.69) is 0 Å². The molecule has 0 radical (unpaired) electrons. The number of unbranched alkanes of at least 4 members (excludes halogenated alkanes) is 4. The highest BCUT2D eigenvalue weighted by Gasteiger charge is 2.18. The predicted molar refractivity (Wildman–Crippen MR) is 103 cm³/mol. The van der Waals surface area contributed by atoms with Crippen LogP contribution in [-0.2, 0) is 9.59 Å². The first-order valence-electron chi connectivity index (χ1n) is 9.10. The van der Waals surface area contributed by atoms with Crippen LogP contribution in [0.15, 0.2) is 48.5 Å². The molecular weight excluding hydrogens is 346 g/mol. The number of phenolic OH excluding ortho intramolecular Hbond substituents is 2. The van der Waals surface area contributed by atoms with Gasteiger partial charge in [0.25, 0.3) is 0 Å². The van der Waals surface area contributed by atoms with Crippen molar-refractivity contribution >= 4 is 23.3 Å². The maximum absolute atomic E-state index is 12.8. The van der Waals surface area contributed by atoms with Crippen molar-refractivity contribution in [2.24, 2.45) is 0 Å². The first-order valence-corrected chi connectivity index (χ1v) is 9.10. The number of aliphatic carboxylic acids is 1. The fraction of sp³-hybridized carbons (Fsp3) is 0.333. The lowest BCUT2D eigenvalue weighted by atomic mass is 10.1. The average molecular weight is 371 g/mol. The van der Waals surface area contributed by atoms with Crippen LogP contribution in [0.3, 0.4) is 0 Å². The number of phenols is 2. The number of hydrogen-bond donors (Lipinski definition) is 3. The molecule has 2 aromatic carbocycles. The van der Waals surface area contributed by atoms with Gasteiger partial charge in [-0.25, -0.2) is 0 Å². The van der Waals surface area contributed by atoms with E-state index in [-0.39, 0.29) is 23.8 Å². The minimum atomic E-state index is -0.780. The molecule has 0 fully saturated rings. The number of carboxylic acids is 1. The van der Waals surface area contributed by atoms with Crippen LogP contribution in [0.1, 0.15) is 44.9 Å². The molecule has 0 aliphatic rings. The summed E-state index contributed by atoms with van der Waals surface area (Å²) in [5.74, 6) is -0.789. The Morgan fingerprint density at radius 3 is 1.70 bits per heavy atom. The quantitative estimate of drug-likeness (QED) is 0.531. The van der Waals surface area contributed by atoms with Crippen LogP contribution in [0.5, 0.6) is 11.5 Å². The average Bonchev–Trinajstić information content (AvgIpc) is 2.61. The van der Waals surface area contributed by atoms with Crippen molar-refractivity contribution in [3.05, 3.63) is 48.5 Å². The predicted octanol–water partition coefficient (Wildman–Crippen LogP) is 4.58. The number of carbonyl (C=O) groups is 2. The lowest BCUT2D eigenvalue weighted by Crippen LogP contribution is -2.25. The van der Waals surface area contributed by atoms with Crippen LogP contribution < -0.4 is 4.90 Å². The summed E-state index contributed by atoms with van der Waals surface area (Å²) in [4.78, 5) is 24.8. The summed E-state index contributed by atoms with van der Waals surface area (Å²) in [6.45, 7) is 0. The molecule has 27 heavy (non-hydrogen) atoms. The summed E-state index contributed by atoms with van der Waals surface area (Å²) in [6, 6.07) is 12.9. The van der Waals surface area contributed by atoms with Crippen LogP contribution in [0.25, 0.3) is 0 Å². The third-order valence-corrected chi connectivity index (χ3v) is 4.21. The molecule has 0 spiro atoms. The SMILES string of the molecule is O=C(O)CCCCCCCC(=O)N(c1cccc(O)c1)c1cccc(O)c1. The fourth-order valence-corrected chi connectivity index (χ4v) is 2.90. The molecule has 0 saturated heterocycles. The van der Waals surface area contributed by atoms with Crippen molar-refractivity contribution < 1.29 is 24.9 Å². The Morgan fingerprint density at radius 2 is 1.22 bits per heavy atom. The standard InChI is InChI=1S/C21H25NO5/c23-18-10-6-8-16(14-18)22(17-9-7-11-19(24)15-17)20(25)12-4-2-1-3-5-13-21(26)27/h6-11,14-15,23-24H,1-5,12-13H2,(H,26,27). The van der Waals surface area contributed by atoms with Crippen molar-refractivity contribution in [1.82, 2.24) is 0 Å². The van der Waals surface area contributed by atoms with Gasteiger partial charge in [-0.15, -0.1) is 0 Å². The van der Waals surface area contributed by atoms with Crippen molar-refractivity contribution in [2.45, 2.75) is 44.9 Å². The van der Waals surface area contributed by atoms with E-state index >= 15 is 0 Å². The highest BCUT2D eigenvalue weighted by molar-refractivity contribution is 6.00. The Morgan fingerprint density at radius 1 is 0.741 bits per heavy atom. The normalized spacial score (nSPS) is 10.5. The van der Waals surface area contributed by atoms with Crippen LogP contribution in [0, 0.1) is 0 Å². The number of carboxylic acid groups (broad SMARTS) is 1. The molecule has 0 aliphatic carbocycles. The Kier molecular flexibility index (Phi) is 7.67. The summed E-state index contributed by atoms with van der Waals surface area (Å²) in [5, 5.41) is 28.1. The number of benzene rings is 2. The maximum Gasteiger partial charge on any atom is 0.303 e. The fourth-order valence-electron chi connectivity index (χ4n) is 2.90. The monoisotopic (exact) mass is 371 g/mol. The second-order valence-corrected chi connectivity index (χ2v) is 6.43. The smallest absolute Gasteiger partial charge is 0.303 e. The minimum absolute atomic E-state index is 0.0592. The van der Waals surface area contributed by atoms with E-state index in [0.717, 1.165) is 19.3 Å². The van der Waals surface area contributed by atoms with Gasteiger partial charge in [-0.1, -0.05) is 31.4 Å².